The van der Waals surface area contributed by atoms with Crippen LogP contribution in [-0.2, 0) is 23.7 Å². The molecule has 3 saturated heterocycles. The maximum absolute atomic E-state index is 6.28. The second-order valence-corrected chi connectivity index (χ2v) is 8.47. The van der Waals surface area contributed by atoms with Crippen molar-refractivity contribution >= 4 is 0 Å². The molecule has 5 nitrogen and oxygen atoms in total. The number of hydrogen-bond donors (Lipinski definition) is 0. The van der Waals surface area contributed by atoms with Gasteiger partial charge in [0, 0.05) is 12.8 Å². The SMILES string of the molecule is CC(C)CC1(C)OCC(C2OCC3OC(C)(CC(C)C)OC32)O1. The van der Waals surface area contributed by atoms with Gasteiger partial charge in [0.15, 0.2) is 11.6 Å². The summed E-state index contributed by atoms with van der Waals surface area (Å²) in [4.78, 5) is 0. The second kappa shape index (κ2) is 6.26. The van der Waals surface area contributed by atoms with Crippen LogP contribution in [0.2, 0.25) is 0 Å². The van der Waals surface area contributed by atoms with Crippen molar-refractivity contribution in [2.24, 2.45) is 11.8 Å². The maximum Gasteiger partial charge on any atom is 0.167 e. The first-order valence-electron chi connectivity index (χ1n) is 8.99. The zero-order valence-electron chi connectivity index (χ0n) is 15.3. The van der Waals surface area contributed by atoms with Crippen molar-refractivity contribution in [1.29, 1.82) is 0 Å². The normalized spacial score (nSPS) is 47.0. The van der Waals surface area contributed by atoms with E-state index in [0.717, 1.165) is 12.8 Å². The van der Waals surface area contributed by atoms with E-state index in [2.05, 4.69) is 27.7 Å². The molecule has 0 spiro atoms. The Morgan fingerprint density at radius 1 is 0.783 bits per heavy atom. The molecule has 3 fully saturated rings. The number of ether oxygens (including phenoxy) is 5. The van der Waals surface area contributed by atoms with Gasteiger partial charge in [-0.3, -0.25) is 0 Å². The average molecular weight is 328 g/mol. The van der Waals surface area contributed by atoms with Crippen molar-refractivity contribution in [3.63, 3.8) is 0 Å². The summed E-state index contributed by atoms with van der Waals surface area (Å²) < 4.78 is 30.5. The van der Waals surface area contributed by atoms with Crippen LogP contribution >= 0.6 is 0 Å². The van der Waals surface area contributed by atoms with E-state index in [1.807, 2.05) is 13.8 Å². The molecule has 0 aromatic heterocycles. The molecule has 0 aromatic rings. The molecule has 6 atom stereocenters. The third kappa shape index (κ3) is 3.74. The molecule has 3 aliphatic rings. The summed E-state index contributed by atoms with van der Waals surface area (Å²) in [6.07, 6.45) is 1.52. The van der Waals surface area contributed by atoms with E-state index in [0.29, 0.717) is 25.0 Å². The molecular formula is C18H32O5. The molecule has 0 saturated carbocycles. The molecule has 23 heavy (non-hydrogen) atoms. The Morgan fingerprint density at radius 2 is 1.35 bits per heavy atom. The predicted octanol–water partition coefficient (Wildman–Crippen LogP) is 3.11. The lowest BCUT2D eigenvalue weighted by Crippen LogP contribution is -2.41. The highest BCUT2D eigenvalue weighted by Gasteiger charge is 2.56. The summed E-state index contributed by atoms with van der Waals surface area (Å²) in [5.41, 5.74) is 0. The van der Waals surface area contributed by atoms with Crippen LogP contribution in [0.1, 0.15) is 54.4 Å². The molecule has 0 amide bonds. The van der Waals surface area contributed by atoms with Gasteiger partial charge in [-0.2, -0.15) is 0 Å². The first kappa shape index (κ1) is 17.6. The van der Waals surface area contributed by atoms with E-state index in [4.69, 9.17) is 23.7 Å². The Labute approximate surface area is 139 Å². The molecule has 6 unspecified atom stereocenters. The van der Waals surface area contributed by atoms with Gasteiger partial charge in [0.2, 0.25) is 0 Å². The molecule has 134 valence electrons. The van der Waals surface area contributed by atoms with Crippen LogP contribution in [0.25, 0.3) is 0 Å². The van der Waals surface area contributed by atoms with Crippen LogP contribution in [0, 0.1) is 11.8 Å². The van der Waals surface area contributed by atoms with Crippen LogP contribution in [-0.4, -0.2) is 49.2 Å². The van der Waals surface area contributed by atoms with Gasteiger partial charge in [0.1, 0.15) is 24.4 Å². The van der Waals surface area contributed by atoms with Crippen molar-refractivity contribution in [3.8, 4) is 0 Å². The van der Waals surface area contributed by atoms with Crippen molar-refractivity contribution < 1.29 is 23.7 Å². The monoisotopic (exact) mass is 328 g/mol. The fourth-order valence-electron chi connectivity index (χ4n) is 4.30. The third-order valence-corrected chi connectivity index (χ3v) is 4.81. The molecule has 0 bridgehead atoms. The smallest absolute Gasteiger partial charge is 0.167 e. The van der Waals surface area contributed by atoms with Gasteiger partial charge in [-0.25, -0.2) is 0 Å². The first-order chi connectivity index (χ1) is 10.7. The molecule has 0 radical (unpaired) electrons. The van der Waals surface area contributed by atoms with Gasteiger partial charge < -0.3 is 23.7 Å². The number of fused-ring (bicyclic) bond motifs is 1. The van der Waals surface area contributed by atoms with E-state index < -0.39 is 11.6 Å². The quantitative estimate of drug-likeness (QED) is 0.776. The third-order valence-electron chi connectivity index (χ3n) is 4.81. The summed E-state index contributed by atoms with van der Waals surface area (Å²) in [5.74, 6) is 0.0303. The summed E-state index contributed by atoms with van der Waals surface area (Å²) >= 11 is 0. The minimum Gasteiger partial charge on any atom is -0.370 e. The second-order valence-electron chi connectivity index (χ2n) is 8.47. The van der Waals surface area contributed by atoms with E-state index in [9.17, 15) is 0 Å². The highest BCUT2D eigenvalue weighted by atomic mass is 16.8. The van der Waals surface area contributed by atoms with Crippen molar-refractivity contribution in [1.82, 2.24) is 0 Å². The standard InChI is InChI=1S/C18H32O5/c1-11(2)7-17(5)20-10-14(21-17)15-16-13(9-19-15)22-18(6,23-16)8-12(3)4/h11-16H,7-10H2,1-6H3. The Hall–Kier alpha value is -0.200. The van der Waals surface area contributed by atoms with Gasteiger partial charge in [-0.05, 0) is 25.7 Å². The summed E-state index contributed by atoms with van der Waals surface area (Å²) in [7, 11) is 0. The van der Waals surface area contributed by atoms with Gasteiger partial charge >= 0.3 is 0 Å². The van der Waals surface area contributed by atoms with Crippen LogP contribution in [0.4, 0.5) is 0 Å². The van der Waals surface area contributed by atoms with Crippen molar-refractivity contribution in [3.05, 3.63) is 0 Å². The van der Waals surface area contributed by atoms with Crippen LogP contribution in [0.15, 0.2) is 0 Å². The van der Waals surface area contributed by atoms with E-state index in [1.54, 1.807) is 0 Å². The topological polar surface area (TPSA) is 46.2 Å². The lowest BCUT2D eigenvalue weighted by molar-refractivity contribution is -0.213. The number of rotatable bonds is 5. The Bertz CT molecular complexity index is 426. The van der Waals surface area contributed by atoms with Gasteiger partial charge in [-0.15, -0.1) is 0 Å². The Kier molecular flexibility index (Phi) is 4.80. The zero-order chi connectivity index (χ0) is 16.8. The minimum absolute atomic E-state index is 0.00399. The van der Waals surface area contributed by atoms with Crippen LogP contribution in [0.5, 0.6) is 0 Å². The lowest BCUT2D eigenvalue weighted by Gasteiger charge is -2.30. The highest BCUT2D eigenvalue weighted by Crippen LogP contribution is 2.42. The highest BCUT2D eigenvalue weighted by molar-refractivity contribution is 4.98. The van der Waals surface area contributed by atoms with Crippen LogP contribution < -0.4 is 0 Å². The Morgan fingerprint density at radius 3 is 2.00 bits per heavy atom. The van der Waals surface area contributed by atoms with Crippen LogP contribution in [0.3, 0.4) is 0 Å². The molecule has 0 aliphatic carbocycles. The average Bonchev–Trinajstić information content (AvgIpc) is 3.00. The molecule has 0 aromatic carbocycles. The van der Waals surface area contributed by atoms with Crippen molar-refractivity contribution in [2.75, 3.05) is 13.2 Å². The zero-order valence-corrected chi connectivity index (χ0v) is 15.3. The van der Waals surface area contributed by atoms with Crippen molar-refractivity contribution in [2.45, 2.75) is 90.4 Å². The lowest BCUT2D eigenvalue weighted by atomic mass is 10.0. The van der Waals surface area contributed by atoms with E-state index in [-0.39, 0.29) is 24.4 Å². The Balaban J connectivity index is 1.62. The molecular weight excluding hydrogens is 296 g/mol. The first-order valence-corrected chi connectivity index (χ1v) is 8.99. The molecule has 3 rings (SSSR count). The van der Waals surface area contributed by atoms with Gasteiger partial charge in [-0.1, -0.05) is 27.7 Å². The van der Waals surface area contributed by atoms with E-state index >= 15 is 0 Å². The summed E-state index contributed by atoms with van der Waals surface area (Å²) in [6, 6.07) is 0. The minimum atomic E-state index is -0.513. The number of hydrogen-bond acceptors (Lipinski definition) is 5. The molecule has 3 aliphatic heterocycles. The molecule has 5 heteroatoms. The maximum atomic E-state index is 6.28. The fourth-order valence-corrected chi connectivity index (χ4v) is 4.30. The molecule has 3 heterocycles. The molecule has 0 N–H and O–H groups in total. The fraction of sp³-hybridized carbons (Fsp3) is 1.00. The summed E-state index contributed by atoms with van der Waals surface area (Å²) in [5, 5.41) is 0. The largest absolute Gasteiger partial charge is 0.370 e. The van der Waals surface area contributed by atoms with Gasteiger partial charge in [0.25, 0.3) is 0 Å². The van der Waals surface area contributed by atoms with Gasteiger partial charge in [0.05, 0.1) is 13.2 Å². The summed E-state index contributed by atoms with van der Waals surface area (Å²) in [6.45, 7) is 13.9. The predicted molar refractivity (Wildman–Crippen MR) is 86.0 cm³/mol. The van der Waals surface area contributed by atoms with E-state index in [1.165, 1.54) is 0 Å².